The Hall–Kier alpha value is -0.570. The Morgan fingerprint density at radius 3 is 2.56 bits per heavy atom. The van der Waals surface area contributed by atoms with Crippen LogP contribution in [0.25, 0.3) is 0 Å². The van der Waals surface area contributed by atoms with Crippen LogP contribution in [0.15, 0.2) is 0 Å². The van der Waals surface area contributed by atoms with Gasteiger partial charge in [0.05, 0.1) is 0 Å². The number of carbonyl (C=O) groups is 1. The Morgan fingerprint density at radius 2 is 1.94 bits per heavy atom. The number of amides is 1. The molecule has 0 radical (unpaired) electrons. The van der Waals surface area contributed by atoms with Crippen molar-refractivity contribution in [1.82, 2.24) is 5.32 Å². The predicted octanol–water partition coefficient (Wildman–Crippen LogP) is 2.30. The van der Waals surface area contributed by atoms with Gasteiger partial charge in [0, 0.05) is 18.5 Å². The van der Waals surface area contributed by atoms with Crippen LogP contribution in [0.2, 0.25) is 0 Å². The molecule has 2 fully saturated rings. The maximum Gasteiger partial charge on any atom is 0.223 e. The van der Waals surface area contributed by atoms with Gasteiger partial charge >= 0.3 is 0 Å². The van der Waals surface area contributed by atoms with Crippen molar-refractivity contribution in [2.45, 2.75) is 58.4 Å². The molecule has 2 aliphatic carbocycles. The summed E-state index contributed by atoms with van der Waals surface area (Å²) >= 11 is 0. The molecule has 1 amide bonds. The van der Waals surface area contributed by atoms with Crippen molar-refractivity contribution >= 4 is 5.91 Å². The van der Waals surface area contributed by atoms with E-state index in [1.807, 2.05) is 0 Å². The Kier molecular flexibility index (Phi) is 4.66. The number of nitrogens with one attached hydrogen (secondary N) is 1. The van der Waals surface area contributed by atoms with E-state index in [9.17, 15) is 4.79 Å². The normalized spacial score (nSPS) is 40.7. The molecule has 0 bridgehead atoms. The van der Waals surface area contributed by atoms with Gasteiger partial charge in [-0.3, -0.25) is 4.79 Å². The van der Waals surface area contributed by atoms with Crippen LogP contribution in [0.4, 0.5) is 0 Å². The van der Waals surface area contributed by atoms with Crippen LogP contribution in [0, 0.1) is 23.7 Å². The highest BCUT2D eigenvalue weighted by atomic mass is 16.1. The molecule has 5 unspecified atom stereocenters. The Bertz CT molecular complexity index is 292. The molecule has 3 heteroatoms. The summed E-state index contributed by atoms with van der Waals surface area (Å²) in [6, 6.07) is 0.305. The minimum absolute atomic E-state index is 0.196. The highest BCUT2D eigenvalue weighted by Gasteiger charge is 2.31. The van der Waals surface area contributed by atoms with Crippen LogP contribution < -0.4 is 11.1 Å². The predicted molar refractivity (Wildman–Crippen MR) is 74.0 cm³/mol. The van der Waals surface area contributed by atoms with Gasteiger partial charge in [-0.1, -0.05) is 26.7 Å². The molecule has 3 nitrogen and oxygen atoms in total. The van der Waals surface area contributed by atoms with Crippen LogP contribution >= 0.6 is 0 Å². The lowest BCUT2D eigenvalue weighted by Crippen LogP contribution is -2.42. The summed E-state index contributed by atoms with van der Waals surface area (Å²) in [4.78, 5) is 12.2. The molecule has 2 aliphatic rings. The average Bonchev–Trinajstić information content (AvgIpc) is 2.72. The summed E-state index contributed by atoms with van der Waals surface area (Å²) in [6.07, 6.45) is 6.91. The minimum atomic E-state index is 0.196. The Balaban J connectivity index is 1.77. The summed E-state index contributed by atoms with van der Waals surface area (Å²) in [7, 11) is 0. The third kappa shape index (κ3) is 3.25. The molecular weight excluding hydrogens is 224 g/mol. The summed E-state index contributed by atoms with van der Waals surface area (Å²) in [5, 5.41) is 3.19. The van der Waals surface area contributed by atoms with Crippen LogP contribution in [0.1, 0.15) is 52.4 Å². The highest BCUT2D eigenvalue weighted by Crippen LogP contribution is 2.32. The fourth-order valence-corrected chi connectivity index (χ4v) is 3.72. The minimum Gasteiger partial charge on any atom is -0.356 e. The first-order chi connectivity index (χ1) is 8.58. The van der Waals surface area contributed by atoms with Crippen LogP contribution in [0.3, 0.4) is 0 Å². The number of nitrogens with two attached hydrogens (primary N) is 1. The van der Waals surface area contributed by atoms with Gasteiger partial charge in [-0.2, -0.15) is 0 Å². The van der Waals surface area contributed by atoms with E-state index in [1.54, 1.807) is 0 Å². The molecule has 104 valence electrons. The second-order valence-corrected chi connectivity index (χ2v) is 6.57. The van der Waals surface area contributed by atoms with Crippen molar-refractivity contribution < 1.29 is 4.79 Å². The Morgan fingerprint density at radius 1 is 1.17 bits per heavy atom. The molecule has 3 N–H and O–H groups in total. The molecule has 0 aromatic rings. The summed E-state index contributed by atoms with van der Waals surface area (Å²) in [5.74, 6) is 2.39. The van der Waals surface area contributed by atoms with Gasteiger partial charge in [0.2, 0.25) is 5.91 Å². The third-order valence-corrected chi connectivity index (χ3v) is 5.12. The average molecular weight is 252 g/mol. The van der Waals surface area contributed by atoms with Crippen molar-refractivity contribution in [2.75, 3.05) is 6.54 Å². The van der Waals surface area contributed by atoms with Gasteiger partial charge in [0.1, 0.15) is 0 Å². The van der Waals surface area contributed by atoms with Crippen molar-refractivity contribution in [3.8, 4) is 0 Å². The van der Waals surface area contributed by atoms with Crippen molar-refractivity contribution in [3.63, 3.8) is 0 Å². The van der Waals surface area contributed by atoms with Gasteiger partial charge in [-0.05, 0) is 43.4 Å². The lowest BCUT2D eigenvalue weighted by molar-refractivity contribution is -0.127. The smallest absolute Gasteiger partial charge is 0.223 e. The van der Waals surface area contributed by atoms with E-state index in [0.717, 1.165) is 31.7 Å². The number of carbonyl (C=O) groups excluding carboxylic acids is 1. The quantitative estimate of drug-likeness (QED) is 0.810. The fourth-order valence-electron chi connectivity index (χ4n) is 3.72. The standard InChI is InChI=1S/C15H28N2O/c1-10-4-3-5-12(10)9-17-15(18)14-7-6-13(16)8-11(14)2/h10-14H,3-9,16H2,1-2H3,(H,17,18). The van der Waals surface area contributed by atoms with Gasteiger partial charge in [0.25, 0.3) is 0 Å². The molecule has 0 saturated heterocycles. The van der Waals surface area contributed by atoms with Crippen molar-refractivity contribution in [2.24, 2.45) is 29.4 Å². The number of hydrogen-bond donors (Lipinski definition) is 2. The zero-order valence-electron chi connectivity index (χ0n) is 11.8. The molecule has 0 aromatic heterocycles. The molecule has 0 aliphatic heterocycles. The SMILES string of the molecule is CC1CCCC1CNC(=O)C1CCC(N)CC1C. The van der Waals surface area contributed by atoms with E-state index in [4.69, 9.17) is 5.73 Å². The number of rotatable bonds is 3. The zero-order valence-corrected chi connectivity index (χ0v) is 11.8. The van der Waals surface area contributed by atoms with E-state index in [-0.39, 0.29) is 11.8 Å². The molecule has 5 atom stereocenters. The first-order valence-corrected chi connectivity index (χ1v) is 7.61. The van der Waals surface area contributed by atoms with Gasteiger partial charge in [0.15, 0.2) is 0 Å². The van der Waals surface area contributed by atoms with Crippen molar-refractivity contribution in [3.05, 3.63) is 0 Å². The van der Waals surface area contributed by atoms with E-state index < -0.39 is 0 Å². The van der Waals surface area contributed by atoms with E-state index in [0.29, 0.717) is 17.9 Å². The molecule has 0 aromatic carbocycles. The maximum absolute atomic E-state index is 12.2. The van der Waals surface area contributed by atoms with Gasteiger partial charge < -0.3 is 11.1 Å². The second kappa shape index (κ2) is 6.05. The lowest BCUT2D eigenvalue weighted by atomic mass is 9.77. The lowest BCUT2D eigenvalue weighted by Gasteiger charge is -2.31. The maximum atomic E-state index is 12.2. The topological polar surface area (TPSA) is 55.1 Å². The fraction of sp³-hybridized carbons (Fsp3) is 0.933. The second-order valence-electron chi connectivity index (χ2n) is 6.57. The Labute approximate surface area is 111 Å². The molecule has 2 saturated carbocycles. The van der Waals surface area contributed by atoms with Gasteiger partial charge in [-0.25, -0.2) is 0 Å². The van der Waals surface area contributed by atoms with Crippen LogP contribution in [0.5, 0.6) is 0 Å². The molecule has 0 heterocycles. The molecule has 0 spiro atoms. The van der Waals surface area contributed by atoms with E-state index in [2.05, 4.69) is 19.2 Å². The molecule has 18 heavy (non-hydrogen) atoms. The zero-order chi connectivity index (χ0) is 13.1. The van der Waals surface area contributed by atoms with Gasteiger partial charge in [-0.15, -0.1) is 0 Å². The largest absolute Gasteiger partial charge is 0.356 e. The number of hydrogen-bond acceptors (Lipinski definition) is 2. The van der Waals surface area contributed by atoms with Crippen LogP contribution in [-0.2, 0) is 4.79 Å². The summed E-state index contributed by atoms with van der Waals surface area (Å²) < 4.78 is 0. The highest BCUT2D eigenvalue weighted by molar-refractivity contribution is 5.79. The molecule has 2 rings (SSSR count). The monoisotopic (exact) mass is 252 g/mol. The van der Waals surface area contributed by atoms with Crippen molar-refractivity contribution in [1.29, 1.82) is 0 Å². The summed E-state index contributed by atoms with van der Waals surface area (Å²) in [6.45, 7) is 5.36. The molecular formula is C15H28N2O. The van der Waals surface area contributed by atoms with Crippen LogP contribution in [-0.4, -0.2) is 18.5 Å². The van der Waals surface area contributed by atoms with E-state index in [1.165, 1.54) is 19.3 Å². The summed E-state index contributed by atoms with van der Waals surface area (Å²) in [5.41, 5.74) is 5.95. The van der Waals surface area contributed by atoms with E-state index >= 15 is 0 Å². The first kappa shape index (κ1) is 13.9. The first-order valence-electron chi connectivity index (χ1n) is 7.61. The third-order valence-electron chi connectivity index (χ3n) is 5.12.